The summed E-state index contributed by atoms with van der Waals surface area (Å²) in [4.78, 5) is 0.226. The third kappa shape index (κ3) is 2.68. The Hall–Kier alpha value is -1.33. The minimum atomic E-state index is -3.35. The average molecular weight is 267 g/mol. The van der Waals surface area contributed by atoms with Crippen LogP contribution in [0, 0.1) is 6.92 Å². The molecular weight excluding hydrogens is 254 g/mol. The smallest absolute Gasteiger partial charge is 0.184 e. The van der Waals surface area contributed by atoms with Crippen LogP contribution in [0.2, 0.25) is 0 Å². The number of aryl methyl sites for hydroxylation is 1. The molecule has 17 heavy (non-hydrogen) atoms. The van der Waals surface area contributed by atoms with Gasteiger partial charge in [-0.1, -0.05) is 6.07 Å². The lowest BCUT2D eigenvalue weighted by Gasteiger charge is -2.07. The summed E-state index contributed by atoms with van der Waals surface area (Å²) < 4.78 is 24.4. The first kappa shape index (κ1) is 12.1. The van der Waals surface area contributed by atoms with Crippen LogP contribution in [0.15, 0.2) is 39.9 Å². The normalized spacial score (nSPS) is 11.6. The molecule has 1 heterocycles. The van der Waals surface area contributed by atoms with Crippen molar-refractivity contribution in [3.63, 3.8) is 0 Å². The predicted octanol–water partition coefficient (Wildman–Crippen LogP) is 2.61. The van der Waals surface area contributed by atoms with Gasteiger partial charge in [0.15, 0.2) is 9.84 Å². The van der Waals surface area contributed by atoms with Gasteiger partial charge < -0.3 is 5.73 Å². The summed E-state index contributed by atoms with van der Waals surface area (Å²) in [5.41, 5.74) is 7.73. The Labute approximate surface area is 105 Å². The van der Waals surface area contributed by atoms with Gasteiger partial charge in [0.2, 0.25) is 0 Å². The maximum Gasteiger partial charge on any atom is 0.184 e. The maximum atomic E-state index is 12.2. The lowest BCUT2D eigenvalue weighted by molar-refractivity contribution is 0.595. The van der Waals surface area contributed by atoms with Crippen LogP contribution in [-0.4, -0.2) is 8.42 Å². The molecule has 0 atom stereocenters. The molecule has 0 fully saturated rings. The first-order valence-corrected chi connectivity index (χ1v) is 7.68. The Morgan fingerprint density at radius 3 is 2.71 bits per heavy atom. The molecule has 2 rings (SSSR count). The van der Waals surface area contributed by atoms with Crippen molar-refractivity contribution in [3.8, 4) is 0 Å². The molecular formula is C12H13NO2S2. The van der Waals surface area contributed by atoms with E-state index in [-0.39, 0.29) is 10.6 Å². The molecule has 0 aliphatic rings. The van der Waals surface area contributed by atoms with Crippen molar-refractivity contribution >= 4 is 26.9 Å². The Balaban J connectivity index is 2.41. The number of sulfone groups is 1. The summed E-state index contributed by atoms with van der Waals surface area (Å²) in [6, 6.07) is 6.88. The molecule has 1 aromatic carbocycles. The number of nitrogen functional groups attached to an aromatic ring is 1. The van der Waals surface area contributed by atoms with E-state index >= 15 is 0 Å². The molecule has 0 spiro atoms. The zero-order valence-electron chi connectivity index (χ0n) is 9.38. The standard InChI is InChI=1S/C12H13NO2S2/c1-9-2-3-11(13)12(6-9)17(14,15)8-10-4-5-16-7-10/h2-7H,8,13H2,1H3. The molecule has 2 aromatic rings. The van der Waals surface area contributed by atoms with Crippen molar-refractivity contribution in [1.82, 2.24) is 0 Å². The molecule has 0 aliphatic heterocycles. The van der Waals surface area contributed by atoms with Gasteiger partial charge in [-0.15, -0.1) is 0 Å². The topological polar surface area (TPSA) is 60.2 Å². The molecule has 3 nitrogen and oxygen atoms in total. The quantitative estimate of drug-likeness (QED) is 0.870. The summed E-state index contributed by atoms with van der Waals surface area (Å²) in [6.07, 6.45) is 0. The second-order valence-corrected chi connectivity index (χ2v) is 6.67. The number of hydrogen-bond donors (Lipinski definition) is 1. The zero-order chi connectivity index (χ0) is 12.5. The maximum absolute atomic E-state index is 12.2. The summed E-state index contributed by atoms with van der Waals surface area (Å²) in [5, 5.41) is 3.70. The fourth-order valence-corrected chi connectivity index (χ4v) is 3.92. The Morgan fingerprint density at radius 2 is 2.06 bits per heavy atom. The van der Waals surface area contributed by atoms with Crippen molar-refractivity contribution in [1.29, 1.82) is 0 Å². The van der Waals surface area contributed by atoms with Crippen LogP contribution in [-0.2, 0) is 15.6 Å². The van der Waals surface area contributed by atoms with E-state index in [0.29, 0.717) is 5.69 Å². The van der Waals surface area contributed by atoms with Gasteiger partial charge in [0.25, 0.3) is 0 Å². The van der Waals surface area contributed by atoms with Crippen LogP contribution in [0.25, 0.3) is 0 Å². The van der Waals surface area contributed by atoms with Gasteiger partial charge in [0.1, 0.15) is 0 Å². The zero-order valence-corrected chi connectivity index (χ0v) is 11.0. The number of thiophene rings is 1. The van der Waals surface area contributed by atoms with E-state index in [9.17, 15) is 8.42 Å². The highest BCUT2D eigenvalue weighted by Crippen LogP contribution is 2.24. The third-order valence-electron chi connectivity index (χ3n) is 2.44. The lowest BCUT2D eigenvalue weighted by atomic mass is 10.2. The highest BCUT2D eigenvalue weighted by atomic mass is 32.2. The van der Waals surface area contributed by atoms with E-state index in [1.165, 1.54) is 11.3 Å². The highest BCUT2D eigenvalue weighted by molar-refractivity contribution is 7.90. The van der Waals surface area contributed by atoms with Crippen LogP contribution >= 0.6 is 11.3 Å². The van der Waals surface area contributed by atoms with Gasteiger partial charge in [-0.2, -0.15) is 11.3 Å². The fourth-order valence-electron chi connectivity index (χ4n) is 1.58. The molecule has 0 saturated carbocycles. The summed E-state index contributed by atoms with van der Waals surface area (Å²) in [5.74, 6) is 0.00412. The van der Waals surface area contributed by atoms with E-state index in [4.69, 9.17) is 5.73 Å². The molecule has 0 bridgehead atoms. The fraction of sp³-hybridized carbons (Fsp3) is 0.167. The first-order chi connectivity index (χ1) is 7.99. The highest BCUT2D eigenvalue weighted by Gasteiger charge is 2.18. The summed E-state index contributed by atoms with van der Waals surface area (Å²) in [6.45, 7) is 1.85. The van der Waals surface area contributed by atoms with Crippen LogP contribution in [0.3, 0.4) is 0 Å². The number of nitrogens with two attached hydrogens (primary N) is 1. The third-order valence-corrected chi connectivity index (χ3v) is 4.91. The monoisotopic (exact) mass is 267 g/mol. The molecule has 1 aromatic heterocycles. The van der Waals surface area contributed by atoms with E-state index in [1.54, 1.807) is 18.2 Å². The molecule has 0 unspecified atom stereocenters. The Kier molecular flexibility index (Phi) is 3.22. The van der Waals surface area contributed by atoms with Crippen LogP contribution in [0.5, 0.6) is 0 Å². The van der Waals surface area contributed by atoms with E-state index < -0.39 is 9.84 Å². The molecule has 0 aliphatic carbocycles. The number of hydrogen-bond acceptors (Lipinski definition) is 4. The molecule has 5 heteroatoms. The molecule has 0 amide bonds. The SMILES string of the molecule is Cc1ccc(N)c(S(=O)(=O)Cc2ccsc2)c1. The van der Waals surface area contributed by atoms with Gasteiger partial charge in [0.05, 0.1) is 16.3 Å². The first-order valence-electron chi connectivity index (χ1n) is 5.09. The average Bonchev–Trinajstić information content (AvgIpc) is 2.73. The predicted molar refractivity (Wildman–Crippen MR) is 70.8 cm³/mol. The molecule has 90 valence electrons. The molecule has 0 radical (unpaired) electrons. The summed E-state index contributed by atoms with van der Waals surface area (Å²) >= 11 is 1.49. The lowest BCUT2D eigenvalue weighted by Crippen LogP contribution is -2.07. The number of benzene rings is 1. The minimum Gasteiger partial charge on any atom is -0.398 e. The largest absolute Gasteiger partial charge is 0.398 e. The van der Waals surface area contributed by atoms with Crippen molar-refractivity contribution in [2.45, 2.75) is 17.6 Å². The van der Waals surface area contributed by atoms with Gasteiger partial charge in [0, 0.05) is 0 Å². The van der Waals surface area contributed by atoms with Gasteiger partial charge >= 0.3 is 0 Å². The molecule has 0 saturated heterocycles. The van der Waals surface area contributed by atoms with E-state index in [0.717, 1.165) is 11.1 Å². The van der Waals surface area contributed by atoms with Gasteiger partial charge in [-0.05, 0) is 47.0 Å². The van der Waals surface area contributed by atoms with Crippen molar-refractivity contribution in [2.24, 2.45) is 0 Å². The van der Waals surface area contributed by atoms with Gasteiger partial charge in [-0.3, -0.25) is 0 Å². The van der Waals surface area contributed by atoms with Crippen LogP contribution in [0.4, 0.5) is 5.69 Å². The van der Waals surface area contributed by atoms with Gasteiger partial charge in [-0.25, -0.2) is 8.42 Å². The van der Waals surface area contributed by atoms with Crippen LogP contribution in [0.1, 0.15) is 11.1 Å². The summed E-state index contributed by atoms with van der Waals surface area (Å²) in [7, 11) is -3.35. The van der Waals surface area contributed by atoms with Crippen LogP contribution < -0.4 is 5.73 Å². The second-order valence-electron chi connectivity index (χ2n) is 3.93. The van der Waals surface area contributed by atoms with Crippen molar-refractivity contribution in [3.05, 3.63) is 46.2 Å². The van der Waals surface area contributed by atoms with E-state index in [2.05, 4.69) is 0 Å². The second kappa shape index (κ2) is 4.50. The number of rotatable bonds is 3. The number of anilines is 1. The minimum absolute atomic E-state index is 0.00412. The van der Waals surface area contributed by atoms with Crippen molar-refractivity contribution < 1.29 is 8.42 Å². The van der Waals surface area contributed by atoms with Crippen molar-refractivity contribution in [2.75, 3.05) is 5.73 Å². The Bertz CT molecular complexity index is 616. The Morgan fingerprint density at radius 1 is 1.29 bits per heavy atom. The molecule has 2 N–H and O–H groups in total. The van der Waals surface area contributed by atoms with E-state index in [1.807, 2.05) is 23.8 Å².